The monoisotopic (exact) mass is 317 g/mol. The molecule has 0 atom stereocenters. The molecule has 0 saturated carbocycles. The van der Waals surface area contributed by atoms with Gasteiger partial charge in [-0.05, 0) is 19.4 Å². The number of nitrogens with zero attached hydrogens (tertiary/aromatic N) is 1. The molecule has 0 aliphatic rings. The summed E-state index contributed by atoms with van der Waals surface area (Å²) in [7, 11) is 0. The van der Waals surface area contributed by atoms with Crippen LogP contribution < -0.4 is 69.3 Å². The minimum Gasteiger partial charge on any atom is -0.549 e. The minimum atomic E-state index is -1.35. The van der Waals surface area contributed by atoms with Gasteiger partial charge in [-0.2, -0.15) is 0 Å². The fraction of sp³-hybridized carbons (Fsp3) is 0.769. The first-order chi connectivity index (χ1) is 8.69. The zero-order chi connectivity index (χ0) is 15.1. The Bertz CT molecular complexity index is 331. The van der Waals surface area contributed by atoms with E-state index in [9.17, 15) is 24.6 Å². The maximum atomic E-state index is 11.8. The second kappa shape index (κ2) is 13.0. The molecule has 0 N–H and O–H groups in total. The fourth-order valence-corrected chi connectivity index (χ4v) is 1.58. The molecule has 0 aliphatic heterocycles. The molecule has 0 saturated heterocycles. The molecule has 0 aliphatic carbocycles. The largest absolute Gasteiger partial charge is 1.00 e. The van der Waals surface area contributed by atoms with Crippen LogP contribution in [0.2, 0.25) is 0 Å². The van der Waals surface area contributed by atoms with Crippen molar-refractivity contribution < 1.29 is 83.7 Å². The number of hydrogen-bond acceptors (Lipinski definition) is 6. The standard InChI is InChI=1S/C13H23NO5.2Na/c1-4-13(2,3)10(15)6-5-7-14(8-11(16)17)9-12(18)19;;/h4-9H2,1-3H3,(H,16,17)(H,18,19);;/q;2*+1/p-2. The van der Waals surface area contributed by atoms with Gasteiger partial charge in [0.25, 0.3) is 0 Å². The van der Waals surface area contributed by atoms with Gasteiger partial charge in [-0.15, -0.1) is 0 Å². The first kappa shape index (κ1) is 26.5. The number of rotatable bonds is 10. The van der Waals surface area contributed by atoms with Crippen LogP contribution in [-0.2, 0) is 14.4 Å². The van der Waals surface area contributed by atoms with Gasteiger partial charge < -0.3 is 19.8 Å². The predicted molar refractivity (Wildman–Crippen MR) is 64.8 cm³/mol. The van der Waals surface area contributed by atoms with Gasteiger partial charge in [0, 0.05) is 24.9 Å². The average Bonchev–Trinajstić information content (AvgIpc) is 2.26. The van der Waals surface area contributed by atoms with E-state index < -0.39 is 30.4 Å². The first-order valence-corrected chi connectivity index (χ1v) is 6.34. The number of ketones is 1. The van der Waals surface area contributed by atoms with E-state index in [1.54, 1.807) is 0 Å². The Morgan fingerprint density at radius 2 is 1.43 bits per heavy atom. The summed E-state index contributed by atoms with van der Waals surface area (Å²) in [6.07, 6.45) is 1.45. The molecule has 0 heterocycles. The summed E-state index contributed by atoms with van der Waals surface area (Å²) in [5.74, 6) is -2.60. The van der Waals surface area contributed by atoms with Crippen LogP contribution in [0, 0.1) is 5.41 Å². The maximum absolute atomic E-state index is 11.8. The number of carboxylic acids is 2. The summed E-state index contributed by atoms with van der Waals surface area (Å²) in [4.78, 5) is 34.0. The quantitative estimate of drug-likeness (QED) is 0.371. The molecule has 0 aromatic carbocycles. The van der Waals surface area contributed by atoms with Crippen molar-refractivity contribution in [3.05, 3.63) is 0 Å². The molecule has 0 amide bonds. The SMILES string of the molecule is CCC(C)(C)C(=O)CCCN(CC(=O)[O-])CC(=O)[O-].[Na+].[Na+]. The molecular formula is C13H21NNa2O5. The van der Waals surface area contributed by atoms with E-state index in [0.29, 0.717) is 12.8 Å². The number of carbonyl (C=O) groups is 3. The molecule has 0 aromatic heterocycles. The molecule has 110 valence electrons. The van der Waals surface area contributed by atoms with Crippen LogP contribution in [-0.4, -0.2) is 42.3 Å². The molecule has 0 fully saturated rings. The molecule has 6 nitrogen and oxygen atoms in total. The Labute approximate surface area is 170 Å². The molecule has 0 unspecified atom stereocenters. The van der Waals surface area contributed by atoms with Crippen LogP contribution in [0.5, 0.6) is 0 Å². The van der Waals surface area contributed by atoms with Crippen LogP contribution >= 0.6 is 0 Å². The number of hydrogen-bond donors (Lipinski definition) is 0. The van der Waals surface area contributed by atoms with Crippen LogP contribution in [0.15, 0.2) is 0 Å². The van der Waals surface area contributed by atoms with Crippen LogP contribution in [0.25, 0.3) is 0 Å². The van der Waals surface area contributed by atoms with Crippen molar-refractivity contribution in [1.29, 1.82) is 0 Å². The molecule has 0 aromatic rings. The van der Waals surface area contributed by atoms with E-state index in [1.165, 1.54) is 4.90 Å². The van der Waals surface area contributed by atoms with Crippen LogP contribution in [0.4, 0.5) is 0 Å². The Hall–Kier alpha value is 0.570. The summed E-state index contributed by atoms with van der Waals surface area (Å²) in [6.45, 7) is 4.91. The normalized spacial score (nSPS) is 10.5. The third-order valence-corrected chi connectivity index (χ3v) is 3.22. The topological polar surface area (TPSA) is 101 Å². The van der Waals surface area contributed by atoms with E-state index in [1.807, 2.05) is 20.8 Å². The van der Waals surface area contributed by atoms with Gasteiger partial charge in [0.05, 0.1) is 11.9 Å². The third kappa shape index (κ3) is 12.8. The second-order valence-electron chi connectivity index (χ2n) is 5.22. The minimum absolute atomic E-state index is 0. The summed E-state index contributed by atoms with van der Waals surface area (Å²) in [5.41, 5.74) is -0.395. The van der Waals surface area contributed by atoms with Gasteiger partial charge in [-0.3, -0.25) is 9.69 Å². The van der Waals surface area contributed by atoms with Crippen molar-refractivity contribution in [1.82, 2.24) is 4.90 Å². The molecule has 0 radical (unpaired) electrons. The molecule has 0 spiro atoms. The van der Waals surface area contributed by atoms with E-state index in [-0.39, 0.29) is 71.4 Å². The second-order valence-corrected chi connectivity index (χ2v) is 5.22. The van der Waals surface area contributed by atoms with Gasteiger partial charge >= 0.3 is 59.1 Å². The van der Waals surface area contributed by atoms with E-state index >= 15 is 0 Å². The number of aliphatic carboxylic acids is 2. The number of Topliss-reactive ketones (excluding diaryl/α,β-unsaturated/α-hetero) is 1. The van der Waals surface area contributed by atoms with Crippen molar-refractivity contribution in [2.24, 2.45) is 5.41 Å². The number of carboxylic acid groups (broad SMARTS) is 2. The maximum Gasteiger partial charge on any atom is 1.00 e. The molecule has 21 heavy (non-hydrogen) atoms. The van der Waals surface area contributed by atoms with Gasteiger partial charge in [0.15, 0.2) is 0 Å². The molecular weight excluding hydrogens is 296 g/mol. The summed E-state index contributed by atoms with van der Waals surface area (Å²) < 4.78 is 0. The Morgan fingerprint density at radius 1 is 1.00 bits per heavy atom. The van der Waals surface area contributed by atoms with Gasteiger partial charge in [-0.25, -0.2) is 0 Å². The zero-order valence-corrected chi connectivity index (χ0v) is 17.7. The average molecular weight is 317 g/mol. The molecule has 0 bridgehead atoms. The van der Waals surface area contributed by atoms with Crippen LogP contribution in [0.1, 0.15) is 40.0 Å². The third-order valence-electron chi connectivity index (χ3n) is 3.22. The van der Waals surface area contributed by atoms with Crippen LogP contribution in [0.3, 0.4) is 0 Å². The Balaban J connectivity index is -0.00000162. The van der Waals surface area contributed by atoms with Crippen molar-refractivity contribution in [3.63, 3.8) is 0 Å². The smallest absolute Gasteiger partial charge is 0.549 e. The van der Waals surface area contributed by atoms with Gasteiger partial charge in [0.2, 0.25) is 0 Å². The summed E-state index contributed by atoms with van der Waals surface area (Å²) in [6, 6.07) is 0. The number of carbonyl (C=O) groups excluding carboxylic acids is 3. The Morgan fingerprint density at radius 3 is 1.76 bits per heavy atom. The predicted octanol–water partition coefficient (Wildman–Crippen LogP) is -7.42. The van der Waals surface area contributed by atoms with Crippen molar-refractivity contribution in [2.75, 3.05) is 19.6 Å². The van der Waals surface area contributed by atoms with Gasteiger partial charge in [-0.1, -0.05) is 20.8 Å². The fourth-order valence-electron chi connectivity index (χ4n) is 1.58. The van der Waals surface area contributed by atoms with Crippen molar-refractivity contribution in [2.45, 2.75) is 40.0 Å². The van der Waals surface area contributed by atoms with E-state index in [2.05, 4.69) is 0 Å². The van der Waals surface area contributed by atoms with Crippen molar-refractivity contribution in [3.8, 4) is 0 Å². The van der Waals surface area contributed by atoms with E-state index in [0.717, 1.165) is 6.42 Å². The molecule has 8 heteroatoms. The summed E-state index contributed by atoms with van der Waals surface area (Å²) in [5, 5.41) is 20.9. The van der Waals surface area contributed by atoms with Crippen molar-refractivity contribution >= 4 is 17.7 Å². The van der Waals surface area contributed by atoms with E-state index in [4.69, 9.17) is 0 Å². The van der Waals surface area contributed by atoms with Gasteiger partial charge in [0.1, 0.15) is 5.78 Å². The first-order valence-electron chi connectivity index (χ1n) is 6.34. The molecule has 0 rings (SSSR count). The Kier molecular flexibility index (Phi) is 16.4. The summed E-state index contributed by atoms with van der Waals surface area (Å²) >= 11 is 0. The zero-order valence-electron chi connectivity index (χ0n) is 13.7.